The second-order valence-electron chi connectivity index (χ2n) is 6.09. The maximum Gasteiger partial charge on any atom is 0.328 e. The lowest BCUT2D eigenvalue weighted by molar-refractivity contribution is -0.134. The molecular weight excluding hydrogens is 348 g/mol. The zero-order valence-corrected chi connectivity index (χ0v) is 14.6. The van der Waals surface area contributed by atoms with Crippen LogP contribution in [0.2, 0.25) is 5.02 Å². The molecule has 7 nitrogen and oxygen atoms in total. The number of aromatic nitrogens is 1. The normalized spacial score (nSPS) is 25.3. The highest BCUT2D eigenvalue weighted by molar-refractivity contribution is 6.30. The first kappa shape index (κ1) is 19.2. The molecule has 2 bridgehead atoms. The monoisotopic (exact) mass is 368 g/mol. The van der Waals surface area contributed by atoms with E-state index in [-0.39, 0.29) is 0 Å². The fourth-order valence-corrected chi connectivity index (χ4v) is 3.31. The molecule has 0 spiro atoms. The number of carboxylic acid groups (broad SMARTS) is 2. The van der Waals surface area contributed by atoms with Gasteiger partial charge in [0.2, 0.25) is 5.88 Å². The van der Waals surface area contributed by atoms with Crippen LogP contribution in [0.15, 0.2) is 30.5 Å². The van der Waals surface area contributed by atoms with Crippen LogP contribution in [-0.4, -0.2) is 57.3 Å². The number of hydrogen-bond donors (Lipinski definition) is 2. The smallest absolute Gasteiger partial charge is 0.328 e. The van der Waals surface area contributed by atoms with E-state index >= 15 is 0 Å². The van der Waals surface area contributed by atoms with E-state index < -0.39 is 11.9 Å². The van der Waals surface area contributed by atoms with E-state index in [1.165, 1.54) is 12.8 Å². The Hall–Kier alpha value is -2.12. The highest BCUT2D eigenvalue weighted by atomic mass is 35.5. The van der Waals surface area contributed by atoms with E-state index in [1.54, 1.807) is 6.20 Å². The first-order chi connectivity index (χ1) is 11.8. The van der Waals surface area contributed by atoms with Gasteiger partial charge in [0.15, 0.2) is 0 Å². The average Bonchev–Trinajstić information content (AvgIpc) is 2.77. The van der Waals surface area contributed by atoms with Crippen molar-refractivity contribution in [3.8, 4) is 5.88 Å². The van der Waals surface area contributed by atoms with Gasteiger partial charge in [0.05, 0.1) is 5.02 Å². The standard InChI is InChI=1S/C13H17ClN2O.C4H4O4/c1-16-10-3-4-11(16)7-12(6-10)17-13-5-2-9(14)8-15-13;5-3(6)1-2-4(7)8/h2,5,8,10-12H,3-4,6-7H2,1H3;1-2H,(H,5,6)(H,7,8)/b;2-1+. The van der Waals surface area contributed by atoms with Gasteiger partial charge in [-0.25, -0.2) is 14.6 Å². The summed E-state index contributed by atoms with van der Waals surface area (Å²) in [5, 5.41) is 16.3. The van der Waals surface area contributed by atoms with Crippen LogP contribution in [0.3, 0.4) is 0 Å². The Morgan fingerprint density at radius 1 is 1.20 bits per heavy atom. The molecule has 0 aliphatic carbocycles. The molecule has 2 aliphatic rings. The Kier molecular flexibility index (Phi) is 6.78. The molecule has 2 saturated heterocycles. The number of fused-ring (bicyclic) bond motifs is 2. The molecule has 0 saturated carbocycles. The summed E-state index contributed by atoms with van der Waals surface area (Å²) in [5.41, 5.74) is 0. The molecule has 0 amide bonds. The summed E-state index contributed by atoms with van der Waals surface area (Å²) in [6.07, 6.45) is 7.95. The molecule has 2 atom stereocenters. The summed E-state index contributed by atoms with van der Waals surface area (Å²) in [6.45, 7) is 0. The van der Waals surface area contributed by atoms with Gasteiger partial charge in [-0.3, -0.25) is 0 Å². The third-order valence-corrected chi connectivity index (χ3v) is 4.63. The zero-order valence-electron chi connectivity index (χ0n) is 13.8. The lowest BCUT2D eigenvalue weighted by Gasteiger charge is -2.35. The van der Waals surface area contributed by atoms with Crippen LogP contribution in [0.4, 0.5) is 0 Å². The van der Waals surface area contributed by atoms with Crippen molar-refractivity contribution in [1.29, 1.82) is 0 Å². The number of hydrogen-bond acceptors (Lipinski definition) is 5. The van der Waals surface area contributed by atoms with E-state index in [0.29, 0.717) is 41.2 Å². The second kappa shape index (κ2) is 8.82. The van der Waals surface area contributed by atoms with E-state index in [0.717, 1.165) is 12.8 Å². The number of nitrogens with zero attached hydrogens (tertiary/aromatic N) is 2. The highest BCUT2D eigenvalue weighted by Crippen LogP contribution is 2.35. The molecule has 25 heavy (non-hydrogen) atoms. The molecule has 2 unspecified atom stereocenters. The zero-order chi connectivity index (χ0) is 18.4. The number of ether oxygens (including phenoxy) is 1. The van der Waals surface area contributed by atoms with Crippen molar-refractivity contribution >= 4 is 23.5 Å². The molecule has 0 radical (unpaired) electrons. The Morgan fingerprint density at radius 2 is 1.76 bits per heavy atom. The quantitative estimate of drug-likeness (QED) is 0.787. The number of carboxylic acids is 2. The summed E-state index contributed by atoms with van der Waals surface area (Å²) >= 11 is 5.81. The molecule has 2 fully saturated rings. The van der Waals surface area contributed by atoms with Crippen molar-refractivity contribution < 1.29 is 24.5 Å². The van der Waals surface area contributed by atoms with Gasteiger partial charge in [-0.05, 0) is 38.8 Å². The van der Waals surface area contributed by atoms with Crippen LogP contribution in [0.25, 0.3) is 0 Å². The minimum atomic E-state index is -1.26. The molecule has 1 aromatic heterocycles. The largest absolute Gasteiger partial charge is 0.478 e. The van der Waals surface area contributed by atoms with Gasteiger partial charge in [-0.1, -0.05) is 11.6 Å². The van der Waals surface area contributed by atoms with Crippen molar-refractivity contribution in [2.75, 3.05) is 7.05 Å². The topological polar surface area (TPSA) is 100.0 Å². The van der Waals surface area contributed by atoms with Gasteiger partial charge >= 0.3 is 11.9 Å². The molecule has 1 aromatic rings. The van der Waals surface area contributed by atoms with Crippen molar-refractivity contribution in [3.63, 3.8) is 0 Å². The Labute approximate surface area is 150 Å². The number of pyridine rings is 1. The van der Waals surface area contributed by atoms with E-state index in [2.05, 4.69) is 16.9 Å². The molecule has 3 heterocycles. The molecule has 0 aromatic carbocycles. The van der Waals surface area contributed by atoms with E-state index in [1.807, 2.05) is 12.1 Å². The van der Waals surface area contributed by atoms with Crippen LogP contribution < -0.4 is 4.74 Å². The van der Waals surface area contributed by atoms with E-state index in [4.69, 9.17) is 26.6 Å². The Balaban J connectivity index is 0.000000242. The summed E-state index contributed by atoms with van der Waals surface area (Å²) < 4.78 is 5.94. The summed E-state index contributed by atoms with van der Waals surface area (Å²) in [4.78, 5) is 25.8. The van der Waals surface area contributed by atoms with Crippen LogP contribution >= 0.6 is 11.6 Å². The summed E-state index contributed by atoms with van der Waals surface area (Å²) in [5.74, 6) is -1.82. The van der Waals surface area contributed by atoms with Gasteiger partial charge in [0.25, 0.3) is 0 Å². The second-order valence-corrected chi connectivity index (χ2v) is 6.52. The molecule has 2 N–H and O–H groups in total. The third-order valence-electron chi connectivity index (χ3n) is 4.41. The highest BCUT2D eigenvalue weighted by Gasteiger charge is 2.39. The fourth-order valence-electron chi connectivity index (χ4n) is 3.20. The predicted octanol–water partition coefficient (Wildman–Crippen LogP) is 2.45. The number of aliphatic carboxylic acids is 2. The molecule has 8 heteroatoms. The maximum atomic E-state index is 9.55. The van der Waals surface area contributed by atoms with Crippen molar-refractivity contribution in [3.05, 3.63) is 35.5 Å². The van der Waals surface area contributed by atoms with Crippen LogP contribution in [0.5, 0.6) is 5.88 Å². The molecule has 2 aliphatic heterocycles. The number of halogens is 1. The molecule has 136 valence electrons. The number of piperidine rings is 1. The first-order valence-corrected chi connectivity index (χ1v) is 8.37. The SMILES string of the molecule is CN1C2CCC1CC(Oc1ccc(Cl)cn1)C2.O=C(O)/C=C/C(=O)O. The minimum absolute atomic E-state index is 0.317. The van der Waals surface area contributed by atoms with Gasteiger partial charge in [0.1, 0.15) is 6.10 Å². The van der Waals surface area contributed by atoms with Crippen molar-refractivity contribution in [1.82, 2.24) is 9.88 Å². The van der Waals surface area contributed by atoms with Gasteiger partial charge < -0.3 is 19.8 Å². The Morgan fingerprint density at radius 3 is 2.20 bits per heavy atom. The molecular formula is C17H21ClN2O5. The molecule has 3 rings (SSSR count). The minimum Gasteiger partial charge on any atom is -0.478 e. The maximum absolute atomic E-state index is 9.55. The van der Waals surface area contributed by atoms with Crippen molar-refractivity contribution in [2.24, 2.45) is 0 Å². The predicted molar refractivity (Wildman–Crippen MR) is 91.9 cm³/mol. The first-order valence-electron chi connectivity index (χ1n) is 7.99. The summed E-state index contributed by atoms with van der Waals surface area (Å²) in [6, 6.07) is 5.08. The van der Waals surface area contributed by atoms with Gasteiger partial charge in [-0.15, -0.1) is 0 Å². The van der Waals surface area contributed by atoms with Crippen LogP contribution in [0, 0.1) is 0 Å². The average molecular weight is 369 g/mol. The fraction of sp³-hybridized carbons (Fsp3) is 0.471. The van der Waals surface area contributed by atoms with Gasteiger partial charge in [-0.2, -0.15) is 0 Å². The van der Waals surface area contributed by atoms with Crippen LogP contribution in [0.1, 0.15) is 25.7 Å². The van der Waals surface area contributed by atoms with Gasteiger partial charge in [0, 0.05) is 36.5 Å². The summed E-state index contributed by atoms with van der Waals surface area (Å²) in [7, 11) is 2.24. The third kappa shape index (κ3) is 6.03. The number of rotatable bonds is 4. The lowest BCUT2D eigenvalue weighted by atomic mass is 10.0. The number of carbonyl (C=O) groups is 2. The van der Waals surface area contributed by atoms with E-state index in [9.17, 15) is 9.59 Å². The van der Waals surface area contributed by atoms with Crippen molar-refractivity contribution in [2.45, 2.75) is 43.9 Å². The Bertz CT molecular complexity index is 604. The van der Waals surface area contributed by atoms with Crippen LogP contribution in [-0.2, 0) is 9.59 Å². The lowest BCUT2D eigenvalue weighted by Crippen LogP contribution is -2.43.